The Bertz CT molecular complexity index is 1430. The van der Waals surface area contributed by atoms with Crippen molar-refractivity contribution in [2.45, 2.75) is 19.5 Å². The number of rotatable bonds is 8. The number of aromatic nitrogens is 5. The minimum atomic E-state index is -0.338. The van der Waals surface area contributed by atoms with Crippen LogP contribution in [0.1, 0.15) is 6.92 Å². The molecule has 1 aliphatic carbocycles. The highest BCUT2D eigenvalue weighted by Crippen LogP contribution is 2.34. The molecule has 12 nitrogen and oxygen atoms in total. The molecule has 2 atom stereocenters. The molecule has 5 heterocycles. The highest BCUT2D eigenvalue weighted by Gasteiger charge is 2.34. The zero-order valence-corrected chi connectivity index (χ0v) is 22.1. The van der Waals surface area contributed by atoms with Gasteiger partial charge in [-0.15, -0.1) is 0 Å². The second-order valence-corrected chi connectivity index (χ2v) is 9.59. The van der Waals surface area contributed by atoms with Crippen LogP contribution in [0, 0.1) is 5.92 Å². The summed E-state index contributed by atoms with van der Waals surface area (Å²) in [4.78, 5) is 35.5. The number of hydrogen-bond donors (Lipinski definition) is 0. The number of anilines is 3. The average Bonchev–Trinajstić information content (AvgIpc) is 3.57. The molecule has 0 spiro atoms. The fourth-order valence-corrected chi connectivity index (χ4v) is 5.21. The van der Waals surface area contributed by atoms with Gasteiger partial charge in [-0.25, -0.2) is 9.99 Å². The molecule has 3 aliphatic rings. The summed E-state index contributed by atoms with van der Waals surface area (Å²) in [7, 11) is 1.69. The Morgan fingerprint density at radius 1 is 1.10 bits per heavy atom. The number of esters is 1. The first kappa shape index (κ1) is 25.0. The number of pyridine rings is 1. The fourth-order valence-electron chi connectivity index (χ4n) is 5.21. The van der Waals surface area contributed by atoms with Crippen LogP contribution < -0.4 is 14.8 Å². The number of piperazine rings is 1. The van der Waals surface area contributed by atoms with E-state index in [4.69, 9.17) is 24.5 Å². The Labute approximate surface area is 226 Å². The zero-order valence-electron chi connectivity index (χ0n) is 22.1. The lowest BCUT2D eigenvalue weighted by Crippen LogP contribution is -2.47. The van der Waals surface area contributed by atoms with Crippen molar-refractivity contribution in [1.29, 1.82) is 0 Å². The van der Waals surface area contributed by atoms with E-state index in [9.17, 15) is 4.79 Å². The van der Waals surface area contributed by atoms with Crippen LogP contribution in [0.2, 0.25) is 0 Å². The minimum Gasteiger partial charge on any atom is -0.465 e. The third-order valence-electron chi connectivity index (χ3n) is 7.11. The van der Waals surface area contributed by atoms with Gasteiger partial charge in [0.1, 0.15) is 6.54 Å². The maximum Gasteiger partial charge on any atom is 0.326 e. The van der Waals surface area contributed by atoms with E-state index in [1.807, 2.05) is 35.7 Å². The monoisotopic (exact) mass is 529 g/mol. The van der Waals surface area contributed by atoms with Crippen molar-refractivity contribution < 1.29 is 14.3 Å². The average molecular weight is 530 g/mol. The molecule has 0 saturated carbocycles. The van der Waals surface area contributed by atoms with E-state index < -0.39 is 0 Å². The first-order valence-corrected chi connectivity index (χ1v) is 13.1. The van der Waals surface area contributed by atoms with E-state index in [-0.39, 0.29) is 24.5 Å². The molecule has 0 bridgehead atoms. The van der Waals surface area contributed by atoms with Crippen molar-refractivity contribution in [2.24, 2.45) is 11.0 Å². The van der Waals surface area contributed by atoms with E-state index >= 15 is 0 Å². The summed E-state index contributed by atoms with van der Waals surface area (Å²) in [5.74, 6) is 0.964. The van der Waals surface area contributed by atoms with Crippen molar-refractivity contribution >= 4 is 40.8 Å². The molecule has 0 amide bonds. The van der Waals surface area contributed by atoms with E-state index in [1.165, 1.54) is 0 Å². The van der Waals surface area contributed by atoms with Crippen molar-refractivity contribution in [1.82, 2.24) is 24.5 Å². The van der Waals surface area contributed by atoms with Gasteiger partial charge in [-0.05, 0) is 24.6 Å². The second kappa shape index (κ2) is 10.8. The number of fused-ring (bicyclic) bond motifs is 2. The zero-order chi connectivity index (χ0) is 26.8. The molecule has 6 rings (SSSR count). The van der Waals surface area contributed by atoms with Gasteiger partial charge in [0.05, 0.1) is 25.6 Å². The fraction of sp³-hybridized carbons (Fsp3) is 0.407. The molecule has 0 aromatic carbocycles. The summed E-state index contributed by atoms with van der Waals surface area (Å²) in [6.07, 6.45) is 13.6. The van der Waals surface area contributed by atoms with Crippen molar-refractivity contribution in [3.63, 3.8) is 0 Å². The molecule has 1 fully saturated rings. The van der Waals surface area contributed by atoms with Gasteiger partial charge in [0.15, 0.2) is 17.0 Å². The molecule has 1 saturated heterocycles. The Hall–Kier alpha value is -4.32. The predicted octanol–water partition coefficient (Wildman–Crippen LogP) is 2.04. The van der Waals surface area contributed by atoms with Gasteiger partial charge in [0, 0.05) is 63.5 Å². The largest absolute Gasteiger partial charge is 0.465 e. The number of nitrogens with zero attached hydrogens (tertiary/aromatic N) is 9. The highest BCUT2D eigenvalue weighted by atomic mass is 16.5. The maximum atomic E-state index is 12.3. The number of hydrazone groups is 1. The first-order valence-electron chi connectivity index (χ1n) is 13.1. The van der Waals surface area contributed by atoms with Gasteiger partial charge in [-0.3, -0.25) is 9.78 Å². The summed E-state index contributed by atoms with van der Waals surface area (Å²) < 4.78 is 12.2. The van der Waals surface area contributed by atoms with Crippen LogP contribution in [0.15, 0.2) is 59.8 Å². The highest BCUT2D eigenvalue weighted by molar-refractivity contribution is 5.88. The van der Waals surface area contributed by atoms with Crippen LogP contribution in [-0.4, -0.2) is 89.2 Å². The number of imidazole rings is 1. The van der Waals surface area contributed by atoms with Crippen LogP contribution in [-0.2, 0) is 20.8 Å². The Morgan fingerprint density at radius 3 is 2.67 bits per heavy atom. The van der Waals surface area contributed by atoms with Crippen LogP contribution in [0.4, 0.5) is 17.5 Å². The summed E-state index contributed by atoms with van der Waals surface area (Å²) in [6.45, 7) is 5.83. The van der Waals surface area contributed by atoms with Crippen LogP contribution in [0.3, 0.4) is 0 Å². The van der Waals surface area contributed by atoms with Gasteiger partial charge >= 0.3 is 5.97 Å². The summed E-state index contributed by atoms with van der Waals surface area (Å²) in [5, 5.41) is 6.65. The standard InChI is InChI=1S/C27H31N9O3/c1-3-39-23(37)16-35-18-29-24-25(35)31-27(34-12-10-33(11-13-34)21-6-8-28-9-7-21)32-26(24)36-22-5-4-19(17-38-2)14-20(22)15-30-36/h4-9,14-15,18,20,22H,3,10-13,16-17H2,1-2H3. The normalized spacial score (nSPS) is 20.5. The molecule has 12 heteroatoms. The number of carbonyl (C=O) groups is 1. The summed E-state index contributed by atoms with van der Waals surface area (Å²) >= 11 is 0. The summed E-state index contributed by atoms with van der Waals surface area (Å²) in [6, 6.07) is 4.02. The Kier molecular flexibility index (Phi) is 6.93. The topological polar surface area (TPSA) is 114 Å². The molecular formula is C27H31N9O3. The van der Waals surface area contributed by atoms with E-state index in [2.05, 4.69) is 38.0 Å². The van der Waals surface area contributed by atoms with Gasteiger partial charge in [0.25, 0.3) is 0 Å². The number of methoxy groups -OCH3 is 1. The number of carbonyl (C=O) groups excluding carboxylic acids is 1. The predicted molar refractivity (Wildman–Crippen MR) is 148 cm³/mol. The second-order valence-electron chi connectivity index (χ2n) is 9.59. The Balaban J connectivity index is 1.33. The molecule has 2 aliphatic heterocycles. The molecule has 3 aromatic heterocycles. The lowest BCUT2D eigenvalue weighted by Gasteiger charge is -2.36. The summed E-state index contributed by atoms with van der Waals surface area (Å²) in [5.41, 5.74) is 3.44. The van der Waals surface area contributed by atoms with Crippen LogP contribution >= 0.6 is 0 Å². The lowest BCUT2D eigenvalue weighted by atomic mass is 9.93. The van der Waals surface area contributed by atoms with Gasteiger partial charge in [-0.2, -0.15) is 15.1 Å². The van der Waals surface area contributed by atoms with Crippen molar-refractivity contribution in [3.8, 4) is 0 Å². The molecule has 202 valence electrons. The minimum absolute atomic E-state index is 0.0222. The number of hydrogen-bond acceptors (Lipinski definition) is 11. The van der Waals surface area contributed by atoms with Gasteiger partial charge < -0.3 is 23.8 Å². The van der Waals surface area contributed by atoms with Crippen LogP contribution in [0.25, 0.3) is 11.2 Å². The molecule has 3 aromatic rings. The third kappa shape index (κ3) is 4.94. The number of ether oxygens (including phenoxy) is 2. The maximum absolute atomic E-state index is 12.3. The molecule has 2 unspecified atom stereocenters. The third-order valence-corrected chi connectivity index (χ3v) is 7.11. The van der Waals surface area contributed by atoms with E-state index in [0.717, 1.165) is 37.4 Å². The van der Waals surface area contributed by atoms with E-state index in [0.29, 0.717) is 36.1 Å². The first-order chi connectivity index (χ1) is 19.1. The van der Waals surface area contributed by atoms with Crippen LogP contribution in [0.5, 0.6) is 0 Å². The quantitative estimate of drug-likeness (QED) is 0.402. The molecule has 0 N–H and O–H groups in total. The molecule has 39 heavy (non-hydrogen) atoms. The molecular weight excluding hydrogens is 498 g/mol. The van der Waals surface area contributed by atoms with Crippen molar-refractivity contribution in [3.05, 3.63) is 54.7 Å². The lowest BCUT2D eigenvalue weighted by molar-refractivity contribution is -0.143. The Morgan fingerprint density at radius 2 is 1.90 bits per heavy atom. The van der Waals surface area contributed by atoms with Crippen molar-refractivity contribution in [2.75, 3.05) is 61.3 Å². The van der Waals surface area contributed by atoms with Gasteiger partial charge in [0.2, 0.25) is 5.95 Å². The van der Waals surface area contributed by atoms with Gasteiger partial charge in [-0.1, -0.05) is 18.2 Å². The SMILES string of the molecule is CCOC(=O)Cn1cnc2c(N3N=CC4C=C(COC)C=CC43)nc(N3CCN(c4ccncc4)CC3)nc21. The smallest absolute Gasteiger partial charge is 0.326 e. The molecule has 0 radical (unpaired) electrons. The van der Waals surface area contributed by atoms with E-state index in [1.54, 1.807) is 24.9 Å².